The summed E-state index contributed by atoms with van der Waals surface area (Å²) in [5, 5.41) is 25.4. The van der Waals surface area contributed by atoms with Gasteiger partial charge in [-0.15, -0.1) is 0 Å². The summed E-state index contributed by atoms with van der Waals surface area (Å²) in [7, 11) is 0. The first kappa shape index (κ1) is 49.3. The van der Waals surface area contributed by atoms with Crippen LogP contribution in [0.1, 0.15) is 11.1 Å². The lowest BCUT2D eigenvalue weighted by atomic mass is 9.97. The van der Waals surface area contributed by atoms with Crippen LogP contribution in [-0.2, 0) is 0 Å². The number of aromatic nitrogens is 5. The topological polar surface area (TPSA) is 96.1 Å². The molecule has 390 valence electrons. The molecule has 15 aromatic rings. The Labute approximate surface area is 485 Å². The highest BCUT2D eigenvalue weighted by Crippen LogP contribution is 2.42. The minimum atomic E-state index is 0.352. The van der Waals surface area contributed by atoms with Crippen molar-refractivity contribution in [1.82, 2.24) is 24.1 Å². The summed E-state index contributed by atoms with van der Waals surface area (Å²) in [5.74, 6) is 1.23. The predicted molar refractivity (Wildman–Crippen MR) is 341 cm³/mol. The highest BCUT2D eigenvalue weighted by Gasteiger charge is 2.23. The number of benzene rings is 12. The third-order valence-electron chi connectivity index (χ3n) is 16.1. The van der Waals surface area contributed by atoms with E-state index in [1.807, 2.05) is 97.1 Å². The van der Waals surface area contributed by atoms with Gasteiger partial charge >= 0.3 is 0 Å². The lowest BCUT2D eigenvalue weighted by molar-refractivity contribution is 1.07. The molecule has 0 unspecified atom stereocenters. The van der Waals surface area contributed by atoms with Crippen LogP contribution in [0.2, 0.25) is 0 Å². The second-order valence-electron chi connectivity index (χ2n) is 21.0. The molecule has 0 aliphatic rings. The Morgan fingerprint density at radius 3 is 0.988 bits per heavy atom. The highest BCUT2D eigenvalue weighted by molar-refractivity contribution is 6.13. The minimum Gasteiger partial charge on any atom is -0.309 e. The van der Waals surface area contributed by atoms with Gasteiger partial charge in [-0.3, -0.25) is 0 Å². The van der Waals surface area contributed by atoms with E-state index in [0.717, 1.165) is 122 Å². The Morgan fingerprint density at radius 1 is 0.250 bits per heavy atom. The normalized spacial score (nSPS) is 11.3. The molecule has 0 radical (unpaired) electrons. The van der Waals surface area contributed by atoms with Crippen molar-refractivity contribution in [3.8, 4) is 113 Å². The van der Waals surface area contributed by atoms with Crippen molar-refractivity contribution in [2.24, 2.45) is 0 Å². The molecule has 0 atom stereocenters. The third-order valence-corrected chi connectivity index (χ3v) is 16.1. The Kier molecular flexibility index (Phi) is 12.2. The van der Waals surface area contributed by atoms with E-state index in [1.165, 1.54) is 0 Å². The average Bonchev–Trinajstić information content (AvgIpc) is 3.20. The van der Waals surface area contributed by atoms with Crippen LogP contribution < -0.4 is 0 Å². The molecule has 15 rings (SSSR count). The number of rotatable bonds is 10. The fraction of sp³-hybridized carbons (Fsp3) is 0. The monoisotopic (exact) mass is 1070 g/mol. The van der Waals surface area contributed by atoms with E-state index in [-0.39, 0.29) is 0 Å². The van der Waals surface area contributed by atoms with Crippen LogP contribution in [0.25, 0.3) is 145 Å². The van der Waals surface area contributed by atoms with E-state index < -0.39 is 0 Å². The van der Waals surface area contributed by atoms with Gasteiger partial charge in [-0.1, -0.05) is 194 Å². The van der Waals surface area contributed by atoms with E-state index >= 15 is 0 Å². The van der Waals surface area contributed by atoms with Crippen molar-refractivity contribution in [3.63, 3.8) is 0 Å². The second kappa shape index (κ2) is 20.7. The van der Waals surface area contributed by atoms with Gasteiger partial charge in [0.1, 0.15) is 0 Å². The molecule has 0 amide bonds. The Morgan fingerprint density at radius 2 is 0.595 bits per heavy atom. The van der Waals surface area contributed by atoms with Gasteiger partial charge in [0.25, 0.3) is 0 Å². The van der Waals surface area contributed by atoms with Gasteiger partial charge in [-0.2, -0.15) is 10.5 Å². The summed E-state index contributed by atoms with van der Waals surface area (Å²) in [6.07, 6.45) is 0. The fourth-order valence-electron chi connectivity index (χ4n) is 12.0. The molecule has 0 spiro atoms. The molecule has 0 aliphatic heterocycles. The summed E-state index contributed by atoms with van der Waals surface area (Å²) >= 11 is 0. The Bertz CT molecular complexity index is 4920. The molecule has 7 nitrogen and oxygen atoms in total. The van der Waals surface area contributed by atoms with Gasteiger partial charge in [0.2, 0.25) is 0 Å². The Balaban J connectivity index is 0.953. The van der Waals surface area contributed by atoms with Crippen LogP contribution in [0.5, 0.6) is 0 Å². The van der Waals surface area contributed by atoms with Crippen molar-refractivity contribution in [3.05, 3.63) is 296 Å². The van der Waals surface area contributed by atoms with Crippen molar-refractivity contribution in [2.75, 3.05) is 0 Å². The summed E-state index contributed by atoms with van der Waals surface area (Å²) in [6, 6.07) is 104. The third kappa shape index (κ3) is 8.74. The highest BCUT2D eigenvalue weighted by atomic mass is 15.0. The standard InChI is InChI=1S/C77H47N7/c78-48-50-26-28-55(29-27-50)64-37-36-63(84-73-40-33-59(53-20-10-3-11-21-53)44-68(73)69-45-60(34-41-74(69)84)54-22-12-4-13-23-54)47-70(64)77-81-75(56-24-14-5-15-25-56)80-76(82-77)65-46-62(35-30-61(65)49-79)83-71-38-31-57(51-16-6-1-7-17-51)42-66(71)67-43-58(32-39-72(67)83)52-18-8-2-9-19-52/h1-47H. The fourth-order valence-corrected chi connectivity index (χ4v) is 12.0. The zero-order valence-corrected chi connectivity index (χ0v) is 45.3. The van der Waals surface area contributed by atoms with Crippen LogP contribution in [0.4, 0.5) is 0 Å². The number of hydrogen-bond acceptors (Lipinski definition) is 5. The molecule has 0 fully saturated rings. The van der Waals surface area contributed by atoms with Crippen LogP contribution in [0, 0.1) is 22.7 Å². The maximum absolute atomic E-state index is 11.1. The van der Waals surface area contributed by atoms with Gasteiger partial charge < -0.3 is 9.13 Å². The number of nitrogens with zero attached hydrogens (tertiary/aromatic N) is 7. The summed E-state index contributed by atoms with van der Waals surface area (Å²) in [5.41, 5.74) is 19.8. The summed E-state index contributed by atoms with van der Waals surface area (Å²) < 4.78 is 4.61. The molecule has 0 N–H and O–H groups in total. The maximum Gasteiger partial charge on any atom is 0.165 e. The van der Waals surface area contributed by atoms with Crippen molar-refractivity contribution < 1.29 is 0 Å². The van der Waals surface area contributed by atoms with Crippen LogP contribution >= 0.6 is 0 Å². The van der Waals surface area contributed by atoms with Gasteiger partial charge in [0, 0.05) is 49.6 Å². The van der Waals surface area contributed by atoms with Crippen molar-refractivity contribution >= 4 is 43.6 Å². The molecule has 0 bridgehead atoms. The van der Waals surface area contributed by atoms with Gasteiger partial charge in [0.05, 0.1) is 45.3 Å². The van der Waals surface area contributed by atoms with Gasteiger partial charge in [-0.25, -0.2) is 15.0 Å². The summed E-state index contributed by atoms with van der Waals surface area (Å²) in [4.78, 5) is 16.1. The molecule has 3 aromatic heterocycles. The molecular weight excluding hydrogens is 1020 g/mol. The van der Waals surface area contributed by atoms with Crippen LogP contribution in [0.3, 0.4) is 0 Å². The SMILES string of the molecule is N#Cc1ccc(-c2ccc(-n3c4ccc(-c5ccccc5)cc4c4cc(-c5ccccc5)ccc43)cc2-c2nc(-c3ccccc3)nc(-c3cc(-n4c5ccc(-c6ccccc6)cc5c5cc(-c6ccccc6)ccc54)ccc3C#N)n2)cc1. The lowest BCUT2D eigenvalue weighted by Gasteiger charge is -2.16. The van der Waals surface area contributed by atoms with Gasteiger partial charge in [0.15, 0.2) is 17.5 Å². The number of hydrogen-bond donors (Lipinski definition) is 0. The largest absolute Gasteiger partial charge is 0.309 e. The second-order valence-corrected chi connectivity index (χ2v) is 21.0. The molecule has 84 heavy (non-hydrogen) atoms. The van der Waals surface area contributed by atoms with Crippen LogP contribution in [-0.4, -0.2) is 24.1 Å². The van der Waals surface area contributed by atoms with E-state index in [4.69, 9.17) is 15.0 Å². The first-order chi connectivity index (χ1) is 41.5. The number of nitriles is 2. The molecular formula is C77H47N7. The lowest BCUT2D eigenvalue weighted by Crippen LogP contribution is -2.04. The van der Waals surface area contributed by atoms with E-state index in [9.17, 15) is 10.5 Å². The zero-order valence-electron chi connectivity index (χ0n) is 45.3. The van der Waals surface area contributed by atoms with Gasteiger partial charge in [-0.05, 0) is 147 Å². The van der Waals surface area contributed by atoms with Crippen LogP contribution in [0.15, 0.2) is 285 Å². The maximum atomic E-state index is 11.1. The molecule has 0 saturated heterocycles. The first-order valence-electron chi connectivity index (χ1n) is 27.9. The van der Waals surface area contributed by atoms with Crippen molar-refractivity contribution in [1.29, 1.82) is 10.5 Å². The Hall–Kier alpha value is -11.8. The number of fused-ring (bicyclic) bond motifs is 6. The van der Waals surface area contributed by atoms with E-state index in [0.29, 0.717) is 34.2 Å². The molecule has 0 aliphatic carbocycles. The minimum absolute atomic E-state index is 0.352. The van der Waals surface area contributed by atoms with Crippen molar-refractivity contribution in [2.45, 2.75) is 0 Å². The zero-order chi connectivity index (χ0) is 56.1. The van der Waals surface area contributed by atoms with E-state index in [1.54, 1.807) is 0 Å². The molecule has 12 aromatic carbocycles. The van der Waals surface area contributed by atoms with E-state index in [2.05, 4.69) is 209 Å². The first-order valence-corrected chi connectivity index (χ1v) is 27.9. The smallest absolute Gasteiger partial charge is 0.165 e. The predicted octanol–water partition coefficient (Wildman–Crippen LogP) is 19.1. The average molecular weight is 1070 g/mol. The molecule has 7 heteroatoms. The molecule has 0 saturated carbocycles. The summed E-state index contributed by atoms with van der Waals surface area (Å²) in [6.45, 7) is 0. The molecule has 3 heterocycles. The quantitative estimate of drug-likeness (QED) is 0.136.